The summed E-state index contributed by atoms with van der Waals surface area (Å²) in [4.78, 5) is 30.1. The minimum absolute atomic E-state index is 0.0245. The van der Waals surface area contributed by atoms with Gasteiger partial charge in [0.15, 0.2) is 0 Å². The second-order valence-electron chi connectivity index (χ2n) is 6.33. The molecule has 1 atom stereocenters. The molecule has 2 aliphatic rings. The maximum Gasteiger partial charge on any atom is 0.226 e. The van der Waals surface area contributed by atoms with Gasteiger partial charge in [0.2, 0.25) is 17.7 Å². The fraction of sp³-hybridized carbons (Fsp3) is 0.389. The molecule has 124 valence electrons. The first-order chi connectivity index (χ1) is 11.7. The fourth-order valence-corrected chi connectivity index (χ4v) is 3.29. The molecule has 0 saturated carbocycles. The molecule has 0 spiro atoms. The first kappa shape index (κ1) is 14.9. The van der Waals surface area contributed by atoms with Crippen LogP contribution < -0.4 is 5.32 Å². The number of oxazole rings is 1. The van der Waals surface area contributed by atoms with Gasteiger partial charge >= 0.3 is 0 Å². The van der Waals surface area contributed by atoms with Gasteiger partial charge in [-0.2, -0.15) is 0 Å². The van der Waals surface area contributed by atoms with Crippen molar-refractivity contribution in [2.45, 2.75) is 38.3 Å². The molecule has 1 N–H and O–H groups in total. The second-order valence-corrected chi connectivity index (χ2v) is 6.33. The van der Waals surface area contributed by atoms with E-state index < -0.39 is 0 Å². The third-order valence-electron chi connectivity index (χ3n) is 4.61. The Kier molecular flexibility index (Phi) is 3.80. The normalized spacial score (nSPS) is 19.9. The number of hydrogen-bond donors (Lipinski definition) is 1. The zero-order chi connectivity index (χ0) is 16.5. The van der Waals surface area contributed by atoms with Crippen molar-refractivity contribution < 1.29 is 14.0 Å². The van der Waals surface area contributed by atoms with E-state index in [0.29, 0.717) is 38.2 Å². The summed E-state index contributed by atoms with van der Waals surface area (Å²) < 4.78 is 5.86. The molecule has 0 bridgehead atoms. The molecule has 0 unspecified atom stereocenters. The molecule has 1 saturated heterocycles. The van der Waals surface area contributed by atoms with E-state index in [-0.39, 0.29) is 17.9 Å². The van der Waals surface area contributed by atoms with Crippen molar-refractivity contribution in [3.8, 4) is 11.5 Å². The molecular formula is C18H19N3O3. The number of hydrogen-bond acceptors (Lipinski definition) is 4. The summed E-state index contributed by atoms with van der Waals surface area (Å²) in [5.74, 6) is 1.58. The largest absolute Gasteiger partial charge is 0.441 e. The van der Waals surface area contributed by atoms with Crippen LogP contribution in [0.3, 0.4) is 0 Å². The molecule has 1 aromatic heterocycles. The van der Waals surface area contributed by atoms with E-state index in [4.69, 9.17) is 4.42 Å². The minimum atomic E-state index is -0.0245. The smallest absolute Gasteiger partial charge is 0.226 e. The second kappa shape index (κ2) is 6.11. The Hall–Kier alpha value is -2.63. The molecule has 6 nitrogen and oxygen atoms in total. The summed E-state index contributed by atoms with van der Waals surface area (Å²) in [7, 11) is 0. The summed E-state index contributed by atoms with van der Waals surface area (Å²) in [6.45, 7) is 1.11. The van der Waals surface area contributed by atoms with Crippen LogP contribution in [0, 0.1) is 0 Å². The topological polar surface area (TPSA) is 75.4 Å². The Labute approximate surface area is 139 Å². The molecule has 0 radical (unpaired) electrons. The number of rotatable bonds is 3. The highest BCUT2D eigenvalue weighted by Gasteiger charge is 2.29. The number of nitrogens with zero attached hydrogens (tertiary/aromatic N) is 2. The Balaban J connectivity index is 1.45. The van der Waals surface area contributed by atoms with E-state index in [2.05, 4.69) is 10.3 Å². The lowest BCUT2D eigenvalue weighted by atomic mass is 10.1. The highest BCUT2D eigenvalue weighted by Crippen LogP contribution is 2.26. The van der Waals surface area contributed by atoms with Crippen LogP contribution in [0.25, 0.3) is 11.5 Å². The van der Waals surface area contributed by atoms with E-state index in [0.717, 1.165) is 23.4 Å². The van der Waals surface area contributed by atoms with Crippen LogP contribution in [0.4, 0.5) is 0 Å². The predicted molar refractivity (Wildman–Crippen MR) is 86.8 cm³/mol. The van der Waals surface area contributed by atoms with Gasteiger partial charge in [0.05, 0.1) is 6.54 Å². The van der Waals surface area contributed by atoms with E-state index >= 15 is 0 Å². The van der Waals surface area contributed by atoms with Crippen molar-refractivity contribution in [2.75, 3.05) is 6.54 Å². The number of fused-ring (bicyclic) bond motifs is 1. The Morgan fingerprint density at radius 1 is 1.29 bits per heavy atom. The van der Waals surface area contributed by atoms with E-state index in [9.17, 15) is 9.59 Å². The van der Waals surface area contributed by atoms with Crippen LogP contribution in [-0.2, 0) is 22.6 Å². The molecule has 3 heterocycles. The molecule has 0 aliphatic carbocycles. The van der Waals surface area contributed by atoms with Crippen LogP contribution in [-0.4, -0.2) is 34.3 Å². The van der Waals surface area contributed by atoms with Crippen molar-refractivity contribution in [3.63, 3.8) is 0 Å². The van der Waals surface area contributed by atoms with Crippen molar-refractivity contribution >= 4 is 11.8 Å². The Morgan fingerprint density at radius 3 is 2.88 bits per heavy atom. The van der Waals surface area contributed by atoms with Gasteiger partial charge in [-0.25, -0.2) is 4.98 Å². The number of carbonyl (C=O) groups is 2. The van der Waals surface area contributed by atoms with Crippen molar-refractivity contribution in [1.82, 2.24) is 15.2 Å². The summed E-state index contributed by atoms with van der Waals surface area (Å²) in [5.41, 5.74) is 1.78. The summed E-state index contributed by atoms with van der Waals surface area (Å²) in [6, 6.07) is 9.75. The summed E-state index contributed by atoms with van der Waals surface area (Å²) in [5, 5.41) is 2.85. The fourth-order valence-electron chi connectivity index (χ4n) is 3.29. The van der Waals surface area contributed by atoms with Crippen LogP contribution in [0.1, 0.15) is 30.7 Å². The maximum atomic E-state index is 12.5. The summed E-state index contributed by atoms with van der Waals surface area (Å²) in [6.07, 6.45) is 2.31. The SMILES string of the molecule is O=C1CC[C@@H](CC(=O)N2CCc3oc(-c4ccccc4)nc3C2)N1. The van der Waals surface area contributed by atoms with Gasteiger partial charge in [0.25, 0.3) is 0 Å². The third kappa shape index (κ3) is 2.91. The van der Waals surface area contributed by atoms with Gasteiger partial charge in [-0.1, -0.05) is 18.2 Å². The zero-order valence-electron chi connectivity index (χ0n) is 13.3. The minimum Gasteiger partial charge on any atom is -0.441 e. The predicted octanol–water partition coefficient (Wildman–Crippen LogP) is 1.89. The molecule has 1 fully saturated rings. The third-order valence-corrected chi connectivity index (χ3v) is 4.61. The molecule has 24 heavy (non-hydrogen) atoms. The lowest BCUT2D eigenvalue weighted by molar-refractivity contribution is -0.132. The average Bonchev–Trinajstić information content (AvgIpc) is 3.21. The molecule has 1 aromatic carbocycles. The molecule has 4 rings (SSSR count). The van der Waals surface area contributed by atoms with Gasteiger partial charge < -0.3 is 14.6 Å². The number of nitrogens with one attached hydrogen (secondary N) is 1. The molecular weight excluding hydrogens is 306 g/mol. The average molecular weight is 325 g/mol. The quantitative estimate of drug-likeness (QED) is 0.935. The van der Waals surface area contributed by atoms with Crippen molar-refractivity contribution in [2.24, 2.45) is 0 Å². The monoisotopic (exact) mass is 325 g/mol. The van der Waals surface area contributed by atoms with Crippen LogP contribution >= 0.6 is 0 Å². The maximum absolute atomic E-state index is 12.5. The lowest BCUT2D eigenvalue weighted by Gasteiger charge is -2.26. The highest BCUT2D eigenvalue weighted by atomic mass is 16.4. The Bertz CT molecular complexity index is 769. The molecule has 2 aliphatic heterocycles. The molecule has 2 aromatic rings. The molecule has 6 heteroatoms. The van der Waals surface area contributed by atoms with Gasteiger partial charge in [0, 0.05) is 37.4 Å². The first-order valence-corrected chi connectivity index (χ1v) is 8.30. The summed E-state index contributed by atoms with van der Waals surface area (Å²) >= 11 is 0. The van der Waals surface area contributed by atoms with E-state index in [1.165, 1.54) is 0 Å². The van der Waals surface area contributed by atoms with Crippen LogP contribution in [0.15, 0.2) is 34.7 Å². The van der Waals surface area contributed by atoms with Gasteiger partial charge in [0.1, 0.15) is 11.5 Å². The number of benzene rings is 1. The number of carbonyl (C=O) groups excluding carboxylic acids is 2. The standard InChI is InChI=1S/C18H19N3O3/c22-16-7-6-13(19-16)10-17(23)21-9-8-15-14(11-21)20-18(24-15)12-4-2-1-3-5-12/h1-5,13H,6-11H2,(H,19,22)/t13-/m0/s1. The Morgan fingerprint density at radius 2 is 2.12 bits per heavy atom. The van der Waals surface area contributed by atoms with Gasteiger partial charge in [-0.15, -0.1) is 0 Å². The highest BCUT2D eigenvalue weighted by molar-refractivity contribution is 5.82. The van der Waals surface area contributed by atoms with Gasteiger partial charge in [-0.3, -0.25) is 9.59 Å². The number of aromatic nitrogens is 1. The van der Waals surface area contributed by atoms with Crippen molar-refractivity contribution in [1.29, 1.82) is 0 Å². The lowest BCUT2D eigenvalue weighted by Crippen LogP contribution is -2.39. The van der Waals surface area contributed by atoms with Crippen molar-refractivity contribution in [3.05, 3.63) is 41.8 Å². The van der Waals surface area contributed by atoms with E-state index in [1.807, 2.05) is 35.2 Å². The molecule has 2 amide bonds. The number of amides is 2. The first-order valence-electron chi connectivity index (χ1n) is 8.30. The van der Waals surface area contributed by atoms with E-state index in [1.54, 1.807) is 0 Å². The zero-order valence-corrected chi connectivity index (χ0v) is 13.3. The van der Waals surface area contributed by atoms with Crippen LogP contribution in [0.5, 0.6) is 0 Å². The van der Waals surface area contributed by atoms with Crippen LogP contribution in [0.2, 0.25) is 0 Å². The van der Waals surface area contributed by atoms with Gasteiger partial charge in [-0.05, 0) is 18.6 Å².